The number of amides is 1. The molecule has 27 heavy (non-hydrogen) atoms. The van der Waals surface area contributed by atoms with Crippen molar-refractivity contribution in [2.75, 3.05) is 5.32 Å². The predicted molar refractivity (Wildman–Crippen MR) is 109 cm³/mol. The fraction of sp³-hybridized carbons (Fsp3) is 0.158. The number of thiazole rings is 2. The minimum Gasteiger partial charge on any atom is -0.302 e. The lowest BCUT2D eigenvalue weighted by Gasteiger charge is -1.99. The Hall–Kier alpha value is -2.84. The first-order valence-corrected chi connectivity index (χ1v) is 10.1. The third-order valence-electron chi connectivity index (χ3n) is 3.95. The number of carbonyl (C=O) groups excluding carboxylic acids is 1. The van der Waals surface area contributed by atoms with Crippen molar-refractivity contribution in [2.24, 2.45) is 7.05 Å². The first-order valence-electron chi connectivity index (χ1n) is 8.34. The van der Waals surface area contributed by atoms with Gasteiger partial charge >= 0.3 is 0 Å². The second-order valence-corrected chi connectivity index (χ2v) is 7.79. The van der Waals surface area contributed by atoms with E-state index in [9.17, 15) is 4.79 Å². The number of benzene rings is 1. The first kappa shape index (κ1) is 17.6. The Bertz CT molecular complexity index is 1080. The van der Waals surface area contributed by atoms with Crippen LogP contribution in [0.2, 0.25) is 0 Å². The number of hydrogen-bond acceptors (Lipinski definition) is 6. The van der Waals surface area contributed by atoms with Crippen molar-refractivity contribution in [1.29, 1.82) is 0 Å². The molecule has 0 aliphatic rings. The van der Waals surface area contributed by atoms with E-state index in [0.717, 1.165) is 33.2 Å². The number of nitrogens with zero attached hydrogens (tertiary/aromatic N) is 4. The van der Waals surface area contributed by atoms with Gasteiger partial charge in [0, 0.05) is 35.1 Å². The third kappa shape index (κ3) is 3.96. The van der Waals surface area contributed by atoms with Gasteiger partial charge in [-0.1, -0.05) is 30.3 Å². The Balaban J connectivity index is 1.42. The molecule has 0 saturated carbocycles. The van der Waals surface area contributed by atoms with Crippen LogP contribution in [0.25, 0.3) is 21.8 Å². The van der Waals surface area contributed by atoms with Gasteiger partial charge in [0.2, 0.25) is 5.91 Å². The van der Waals surface area contributed by atoms with Gasteiger partial charge < -0.3 is 5.32 Å². The van der Waals surface area contributed by atoms with E-state index < -0.39 is 0 Å². The molecule has 1 aromatic carbocycles. The van der Waals surface area contributed by atoms with Crippen LogP contribution >= 0.6 is 22.7 Å². The Labute approximate surface area is 164 Å². The highest BCUT2D eigenvalue weighted by molar-refractivity contribution is 7.14. The van der Waals surface area contributed by atoms with Crippen molar-refractivity contribution in [3.05, 3.63) is 58.7 Å². The molecule has 3 aromatic heterocycles. The van der Waals surface area contributed by atoms with Crippen molar-refractivity contribution in [1.82, 2.24) is 19.7 Å². The summed E-state index contributed by atoms with van der Waals surface area (Å²) in [5, 5.41) is 12.5. The highest BCUT2D eigenvalue weighted by Gasteiger charge is 2.13. The zero-order chi connectivity index (χ0) is 18.8. The summed E-state index contributed by atoms with van der Waals surface area (Å²) >= 11 is 2.95. The van der Waals surface area contributed by atoms with Gasteiger partial charge in [-0.3, -0.25) is 9.48 Å². The van der Waals surface area contributed by atoms with E-state index in [1.807, 2.05) is 61.3 Å². The molecule has 0 fully saturated rings. The van der Waals surface area contributed by atoms with E-state index in [0.29, 0.717) is 5.13 Å². The van der Waals surface area contributed by atoms with E-state index in [1.165, 1.54) is 11.3 Å². The minimum absolute atomic E-state index is 0.122. The summed E-state index contributed by atoms with van der Waals surface area (Å²) in [4.78, 5) is 21.4. The molecule has 0 saturated heterocycles. The Morgan fingerprint density at radius 2 is 1.96 bits per heavy atom. The molecule has 136 valence electrons. The topological polar surface area (TPSA) is 72.7 Å². The number of carbonyl (C=O) groups is 1. The smallest absolute Gasteiger partial charge is 0.232 e. The van der Waals surface area contributed by atoms with Crippen LogP contribution in [0.1, 0.15) is 11.4 Å². The maximum absolute atomic E-state index is 12.3. The van der Waals surface area contributed by atoms with Crippen molar-refractivity contribution in [2.45, 2.75) is 13.3 Å². The third-order valence-corrected chi connectivity index (χ3v) is 5.65. The summed E-state index contributed by atoms with van der Waals surface area (Å²) < 4.78 is 1.76. The van der Waals surface area contributed by atoms with Crippen LogP contribution in [-0.4, -0.2) is 25.7 Å². The molecule has 0 bridgehead atoms. The molecule has 0 spiro atoms. The molecule has 0 unspecified atom stereocenters. The van der Waals surface area contributed by atoms with Crippen LogP contribution in [0.4, 0.5) is 5.13 Å². The predicted octanol–water partition coefficient (Wildman–Crippen LogP) is 4.16. The molecule has 4 aromatic rings. The average Bonchev–Trinajstić information content (AvgIpc) is 3.36. The Morgan fingerprint density at radius 1 is 1.15 bits per heavy atom. The van der Waals surface area contributed by atoms with E-state index in [4.69, 9.17) is 0 Å². The second-order valence-electron chi connectivity index (χ2n) is 6.07. The molecule has 3 heterocycles. The van der Waals surface area contributed by atoms with Gasteiger partial charge in [0.15, 0.2) is 5.13 Å². The number of anilines is 1. The Kier molecular flexibility index (Phi) is 4.83. The molecule has 0 atom stereocenters. The van der Waals surface area contributed by atoms with Gasteiger partial charge in [0.25, 0.3) is 0 Å². The number of aryl methyl sites for hydroxylation is 2. The Morgan fingerprint density at radius 3 is 2.70 bits per heavy atom. The molecular weight excluding hydrogens is 378 g/mol. The highest BCUT2D eigenvalue weighted by Crippen LogP contribution is 2.27. The normalized spacial score (nSPS) is 10.9. The van der Waals surface area contributed by atoms with Crippen LogP contribution in [0.3, 0.4) is 0 Å². The van der Waals surface area contributed by atoms with Crippen molar-refractivity contribution >= 4 is 33.7 Å². The van der Waals surface area contributed by atoms with E-state index in [2.05, 4.69) is 20.4 Å². The number of rotatable bonds is 5. The van der Waals surface area contributed by atoms with Gasteiger partial charge in [-0.2, -0.15) is 5.10 Å². The van der Waals surface area contributed by atoms with Gasteiger partial charge in [-0.05, 0) is 6.92 Å². The summed E-state index contributed by atoms with van der Waals surface area (Å²) in [6, 6.07) is 9.96. The molecule has 0 radical (unpaired) electrons. The lowest BCUT2D eigenvalue weighted by Crippen LogP contribution is -2.14. The average molecular weight is 396 g/mol. The number of hydrogen-bond donors (Lipinski definition) is 1. The monoisotopic (exact) mass is 395 g/mol. The summed E-state index contributed by atoms with van der Waals surface area (Å²) in [5.41, 5.74) is 4.53. The van der Waals surface area contributed by atoms with Gasteiger partial charge in [0.1, 0.15) is 5.01 Å². The van der Waals surface area contributed by atoms with E-state index in [-0.39, 0.29) is 12.3 Å². The molecule has 6 nitrogen and oxygen atoms in total. The van der Waals surface area contributed by atoms with Crippen molar-refractivity contribution in [3.8, 4) is 21.8 Å². The first-order chi connectivity index (χ1) is 13.1. The number of nitrogens with one attached hydrogen (secondary N) is 1. The lowest BCUT2D eigenvalue weighted by molar-refractivity contribution is -0.115. The maximum atomic E-state index is 12.3. The molecule has 0 aliphatic heterocycles. The van der Waals surface area contributed by atoms with Crippen LogP contribution in [0.15, 0.2) is 47.3 Å². The molecule has 1 N–H and O–H groups in total. The SMILES string of the molecule is Cc1nn(C)cc1-c1csc(NC(=O)Cc2csc(-c3ccccc3)n2)n1. The molecule has 1 amide bonds. The standard InChI is InChI=1S/C19H17N5OS2/c1-12-15(9-24(2)23-12)16-11-27-19(21-16)22-17(25)8-14-10-26-18(20-14)13-6-4-3-5-7-13/h3-7,9-11H,8H2,1-2H3,(H,21,22,25). The molecular formula is C19H17N5OS2. The van der Waals surface area contributed by atoms with Crippen LogP contribution in [-0.2, 0) is 18.3 Å². The van der Waals surface area contributed by atoms with Crippen LogP contribution in [0, 0.1) is 6.92 Å². The fourth-order valence-electron chi connectivity index (χ4n) is 2.74. The highest BCUT2D eigenvalue weighted by atomic mass is 32.1. The largest absolute Gasteiger partial charge is 0.302 e. The maximum Gasteiger partial charge on any atom is 0.232 e. The van der Waals surface area contributed by atoms with Crippen molar-refractivity contribution < 1.29 is 4.79 Å². The molecule has 4 rings (SSSR count). The zero-order valence-corrected chi connectivity index (χ0v) is 16.5. The minimum atomic E-state index is -0.122. The lowest BCUT2D eigenvalue weighted by atomic mass is 10.2. The van der Waals surface area contributed by atoms with Crippen LogP contribution < -0.4 is 5.32 Å². The van der Waals surface area contributed by atoms with Crippen molar-refractivity contribution in [3.63, 3.8) is 0 Å². The van der Waals surface area contributed by atoms with Gasteiger partial charge in [0.05, 0.1) is 23.5 Å². The summed E-state index contributed by atoms with van der Waals surface area (Å²) in [7, 11) is 1.88. The number of aromatic nitrogens is 4. The molecule has 8 heteroatoms. The quantitative estimate of drug-likeness (QED) is 0.551. The zero-order valence-electron chi connectivity index (χ0n) is 14.8. The second kappa shape index (κ2) is 7.42. The van der Waals surface area contributed by atoms with Gasteiger partial charge in [-0.25, -0.2) is 9.97 Å². The van der Waals surface area contributed by atoms with Gasteiger partial charge in [-0.15, -0.1) is 22.7 Å². The van der Waals surface area contributed by atoms with E-state index in [1.54, 1.807) is 16.0 Å². The van der Waals surface area contributed by atoms with E-state index >= 15 is 0 Å². The van der Waals surface area contributed by atoms with Crippen LogP contribution in [0.5, 0.6) is 0 Å². The summed E-state index contributed by atoms with van der Waals surface area (Å²) in [6.45, 7) is 1.94. The summed E-state index contributed by atoms with van der Waals surface area (Å²) in [6.07, 6.45) is 2.15. The fourth-order valence-corrected chi connectivity index (χ4v) is 4.29. The molecule has 0 aliphatic carbocycles. The summed E-state index contributed by atoms with van der Waals surface area (Å²) in [5.74, 6) is -0.122.